The molecule has 0 aromatic heterocycles. The van der Waals surface area contributed by atoms with Crippen molar-refractivity contribution in [2.75, 3.05) is 26.2 Å². The van der Waals surface area contributed by atoms with Crippen LogP contribution in [-0.2, 0) is 14.4 Å². The predicted octanol–water partition coefficient (Wildman–Crippen LogP) is 1.07. The third-order valence-corrected chi connectivity index (χ3v) is 4.82. The molecule has 24 heavy (non-hydrogen) atoms. The highest BCUT2D eigenvalue weighted by atomic mass is 16.4. The summed E-state index contributed by atoms with van der Waals surface area (Å²) in [5, 5.41) is 7.42. The molecule has 2 saturated heterocycles. The van der Waals surface area contributed by atoms with Crippen LogP contribution in [0.1, 0.15) is 52.9 Å². The molecular weight excluding hydrogens is 310 g/mol. The standard InChI is InChI=1S/C15H27N3O2.C2H4O2/c1-12(2)13(19)17-10-6-15(7-11-17,14(16)20)18-8-4-3-5-9-18;1-2(3)4/h12H,3-11H2,1-2H3,(H2,16,20);1H3,(H,3,4). The number of carbonyl (C=O) groups is 3. The summed E-state index contributed by atoms with van der Waals surface area (Å²) < 4.78 is 0. The molecule has 0 aromatic rings. The van der Waals surface area contributed by atoms with Gasteiger partial charge in [0.15, 0.2) is 0 Å². The number of nitrogens with zero attached hydrogens (tertiary/aromatic N) is 2. The van der Waals surface area contributed by atoms with Gasteiger partial charge in [-0.2, -0.15) is 0 Å². The summed E-state index contributed by atoms with van der Waals surface area (Å²) in [5.41, 5.74) is 5.21. The molecule has 2 heterocycles. The quantitative estimate of drug-likeness (QED) is 0.799. The van der Waals surface area contributed by atoms with Crippen molar-refractivity contribution in [1.29, 1.82) is 0 Å². The minimum Gasteiger partial charge on any atom is -0.481 e. The topological polar surface area (TPSA) is 104 Å². The Hall–Kier alpha value is -1.63. The summed E-state index contributed by atoms with van der Waals surface area (Å²) >= 11 is 0. The van der Waals surface area contributed by atoms with Gasteiger partial charge in [0.25, 0.3) is 5.97 Å². The summed E-state index contributed by atoms with van der Waals surface area (Å²) in [7, 11) is 0. The number of piperidine rings is 2. The third kappa shape index (κ3) is 5.19. The van der Waals surface area contributed by atoms with Crippen LogP contribution in [0.15, 0.2) is 0 Å². The van der Waals surface area contributed by atoms with Crippen LogP contribution in [0, 0.1) is 5.92 Å². The van der Waals surface area contributed by atoms with Gasteiger partial charge in [0.2, 0.25) is 11.8 Å². The molecule has 0 spiro atoms. The first-order chi connectivity index (χ1) is 11.2. The first-order valence-corrected chi connectivity index (χ1v) is 8.74. The van der Waals surface area contributed by atoms with Crippen molar-refractivity contribution in [3.8, 4) is 0 Å². The molecule has 2 amide bonds. The number of carboxylic acids is 1. The number of carbonyl (C=O) groups excluding carboxylic acids is 2. The molecule has 2 fully saturated rings. The number of carboxylic acid groups (broad SMARTS) is 1. The summed E-state index contributed by atoms with van der Waals surface area (Å²) in [6.07, 6.45) is 4.89. The fraction of sp³-hybridized carbons (Fsp3) is 0.824. The number of likely N-dealkylation sites (tertiary alicyclic amines) is 2. The molecule has 3 N–H and O–H groups in total. The van der Waals surface area contributed by atoms with Crippen molar-refractivity contribution >= 4 is 17.8 Å². The molecule has 138 valence electrons. The average molecular weight is 341 g/mol. The molecule has 0 saturated carbocycles. The molecule has 2 aliphatic rings. The molecule has 0 atom stereocenters. The normalized spacial score (nSPS) is 20.9. The van der Waals surface area contributed by atoms with E-state index in [0.29, 0.717) is 25.9 Å². The van der Waals surface area contributed by atoms with Crippen LogP contribution < -0.4 is 5.73 Å². The van der Waals surface area contributed by atoms with Gasteiger partial charge in [-0.1, -0.05) is 20.3 Å². The van der Waals surface area contributed by atoms with E-state index in [0.717, 1.165) is 32.9 Å². The van der Waals surface area contributed by atoms with Crippen molar-refractivity contribution in [1.82, 2.24) is 9.80 Å². The van der Waals surface area contributed by atoms with E-state index in [4.69, 9.17) is 15.6 Å². The van der Waals surface area contributed by atoms with E-state index in [-0.39, 0.29) is 17.7 Å². The highest BCUT2D eigenvalue weighted by Gasteiger charge is 2.45. The van der Waals surface area contributed by atoms with Crippen molar-refractivity contribution in [2.24, 2.45) is 11.7 Å². The maximum Gasteiger partial charge on any atom is 0.300 e. The first kappa shape index (κ1) is 20.4. The molecule has 2 rings (SSSR count). The lowest BCUT2D eigenvalue weighted by Gasteiger charge is -2.48. The Bertz CT molecular complexity index is 447. The van der Waals surface area contributed by atoms with Gasteiger partial charge in [0.1, 0.15) is 5.54 Å². The van der Waals surface area contributed by atoms with Crippen LogP contribution in [0.3, 0.4) is 0 Å². The molecular formula is C17H31N3O4. The number of hydrogen-bond donors (Lipinski definition) is 2. The third-order valence-electron chi connectivity index (χ3n) is 4.82. The Labute approximate surface area is 144 Å². The van der Waals surface area contributed by atoms with E-state index in [1.807, 2.05) is 18.7 Å². The van der Waals surface area contributed by atoms with Crippen LogP contribution in [0.5, 0.6) is 0 Å². The van der Waals surface area contributed by atoms with Crippen molar-refractivity contribution < 1.29 is 19.5 Å². The van der Waals surface area contributed by atoms with Crippen LogP contribution >= 0.6 is 0 Å². The zero-order valence-electron chi connectivity index (χ0n) is 15.1. The maximum absolute atomic E-state index is 12.1. The Balaban J connectivity index is 0.000000648. The fourth-order valence-corrected chi connectivity index (χ4v) is 3.50. The van der Waals surface area contributed by atoms with E-state index < -0.39 is 11.5 Å². The summed E-state index contributed by atoms with van der Waals surface area (Å²) in [5.74, 6) is -0.844. The summed E-state index contributed by atoms with van der Waals surface area (Å²) in [6.45, 7) is 8.14. The van der Waals surface area contributed by atoms with E-state index in [1.165, 1.54) is 6.42 Å². The number of nitrogens with two attached hydrogens (primary N) is 1. The second-order valence-corrected chi connectivity index (χ2v) is 6.94. The van der Waals surface area contributed by atoms with E-state index >= 15 is 0 Å². The molecule has 0 bridgehead atoms. The Morgan fingerprint density at radius 2 is 1.46 bits per heavy atom. The smallest absolute Gasteiger partial charge is 0.300 e. The number of amides is 2. The van der Waals surface area contributed by atoms with Crippen LogP contribution in [-0.4, -0.2) is 64.4 Å². The molecule has 0 unspecified atom stereocenters. The summed E-state index contributed by atoms with van der Waals surface area (Å²) in [4.78, 5) is 37.3. The highest BCUT2D eigenvalue weighted by Crippen LogP contribution is 2.31. The lowest BCUT2D eigenvalue weighted by atomic mass is 9.83. The second-order valence-electron chi connectivity index (χ2n) is 6.94. The van der Waals surface area contributed by atoms with Crippen molar-refractivity contribution in [3.63, 3.8) is 0 Å². The van der Waals surface area contributed by atoms with Gasteiger partial charge >= 0.3 is 0 Å². The zero-order chi connectivity index (χ0) is 18.3. The van der Waals surface area contributed by atoms with Gasteiger partial charge in [-0.25, -0.2) is 0 Å². The number of primary amides is 1. The summed E-state index contributed by atoms with van der Waals surface area (Å²) in [6, 6.07) is 0. The SMILES string of the molecule is CC(=O)O.CC(C)C(=O)N1CCC(C(N)=O)(N2CCCCC2)CC1. The van der Waals surface area contributed by atoms with Gasteiger partial charge < -0.3 is 15.7 Å². The fourth-order valence-electron chi connectivity index (χ4n) is 3.50. The predicted molar refractivity (Wildman–Crippen MR) is 91.3 cm³/mol. The van der Waals surface area contributed by atoms with Gasteiger partial charge in [-0.3, -0.25) is 19.3 Å². The largest absolute Gasteiger partial charge is 0.481 e. The first-order valence-electron chi connectivity index (χ1n) is 8.74. The maximum atomic E-state index is 12.1. The number of rotatable bonds is 3. The van der Waals surface area contributed by atoms with Gasteiger partial charge in [-0.05, 0) is 38.8 Å². The Morgan fingerprint density at radius 3 is 1.83 bits per heavy atom. The molecule has 2 aliphatic heterocycles. The van der Waals surface area contributed by atoms with E-state index in [9.17, 15) is 9.59 Å². The van der Waals surface area contributed by atoms with Crippen LogP contribution in [0.4, 0.5) is 0 Å². The lowest BCUT2D eigenvalue weighted by Crippen LogP contribution is -2.63. The monoisotopic (exact) mass is 341 g/mol. The highest BCUT2D eigenvalue weighted by molar-refractivity contribution is 5.85. The minimum absolute atomic E-state index is 0.0195. The average Bonchev–Trinajstić information content (AvgIpc) is 2.54. The van der Waals surface area contributed by atoms with Gasteiger partial charge in [-0.15, -0.1) is 0 Å². The van der Waals surface area contributed by atoms with Crippen molar-refractivity contribution in [3.05, 3.63) is 0 Å². The zero-order valence-corrected chi connectivity index (χ0v) is 15.1. The molecule has 7 nitrogen and oxygen atoms in total. The lowest BCUT2D eigenvalue weighted by molar-refractivity contribution is -0.143. The minimum atomic E-state index is -0.833. The number of aliphatic carboxylic acids is 1. The van der Waals surface area contributed by atoms with Gasteiger partial charge in [0, 0.05) is 25.9 Å². The van der Waals surface area contributed by atoms with E-state index in [2.05, 4.69) is 4.90 Å². The van der Waals surface area contributed by atoms with Crippen LogP contribution in [0.2, 0.25) is 0 Å². The molecule has 0 radical (unpaired) electrons. The van der Waals surface area contributed by atoms with Gasteiger partial charge in [0.05, 0.1) is 0 Å². The second kappa shape index (κ2) is 9.01. The molecule has 0 aromatic carbocycles. The Kier molecular flexibility index (Phi) is 7.66. The van der Waals surface area contributed by atoms with Crippen molar-refractivity contribution in [2.45, 2.75) is 58.4 Å². The Morgan fingerprint density at radius 1 is 1.00 bits per heavy atom. The number of hydrogen-bond acceptors (Lipinski definition) is 4. The van der Waals surface area contributed by atoms with E-state index in [1.54, 1.807) is 0 Å². The van der Waals surface area contributed by atoms with Crippen LogP contribution in [0.25, 0.3) is 0 Å². The molecule has 0 aliphatic carbocycles. The molecule has 7 heteroatoms.